The largest absolute Gasteiger partial charge is 0.497 e. The molecule has 0 bridgehead atoms. The molecular weight excluding hydrogens is 306 g/mol. The minimum atomic E-state index is -0.233. The summed E-state index contributed by atoms with van der Waals surface area (Å²) in [4.78, 5) is 12.1. The number of hydrogen-bond acceptors (Lipinski definition) is 4. The summed E-state index contributed by atoms with van der Waals surface area (Å²) in [5, 5.41) is 7.37. The monoisotopic (exact) mass is 323 g/mol. The number of hydrogen-bond donors (Lipinski definition) is 1. The molecule has 0 spiro atoms. The van der Waals surface area contributed by atoms with Gasteiger partial charge in [0.2, 0.25) is 5.91 Å². The van der Waals surface area contributed by atoms with Crippen molar-refractivity contribution in [2.75, 3.05) is 14.2 Å². The molecule has 1 aromatic carbocycles. The fourth-order valence-electron chi connectivity index (χ4n) is 2.11. The molecule has 7 heteroatoms. The number of aromatic nitrogens is 2. The van der Waals surface area contributed by atoms with Gasteiger partial charge < -0.3 is 14.8 Å². The maximum atomic E-state index is 12.1. The molecule has 0 fully saturated rings. The minimum absolute atomic E-state index is 0.101. The molecule has 1 N–H and O–H groups in total. The second-order valence-corrected chi connectivity index (χ2v) is 5.19. The Morgan fingerprint density at radius 1 is 1.41 bits per heavy atom. The molecule has 1 heterocycles. The highest BCUT2D eigenvalue weighted by atomic mass is 35.5. The summed E-state index contributed by atoms with van der Waals surface area (Å²) in [6.07, 6.45) is 3.08. The van der Waals surface area contributed by atoms with Crippen LogP contribution < -0.4 is 14.8 Å². The van der Waals surface area contributed by atoms with Crippen LogP contribution in [-0.4, -0.2) is 29.9 Å². The van der Waals surface area contributed by atoms with E-state index in [9.17, 15) is 4.79 Å². The Hall–Kier alpha value is -2.21. The topological polar surface area (TPSA) is 65.4 Å². The lowest BCUT2D eigenvalue weighted by Gasteiger charge is -2.18. The molecule has 0 radical (unpaired) electrons. The van der Waals surface area contributed by atoms with Gasteiger partial charge in [0.15, 0.2) is 0 Å². The van der Waals surface area contributed by atoms with Crippen LogP contribution in [0.1, 0.15) is 18.5 Å². The number of nitrogens with one attached hydrogen (secondary N) is 1. The van der Waals surface area contributed by atoms with Gasteiger partial charge in [-0.3, -0.25) is 9.48 Å². The Morgan fingerprint density at radius 3 is 2.77 bits per heavy atom. The van der Waals surface area contributed by atoms with Crippen LogP contribution in [0.15, 0.2) is 30.6 Å². The number of amides is 1. The van der Waals surface area contributed by atoms with Crippen molar-refractivity contribution in [2.45, 2.75) is 19.5 Å². The average molecular weight is 324 g/mol. The number of methoxy groups -OCH3 is 2. The molecule has 0 aliphatic carbocycles. The van der Waals surface area contributed by atoms with Crippen molar-refractivity contribution >= 4 is 17.5 Å². The van der Waals surface area contributed by atoms with Crippen LogP contribution in [0.25, 0.3) is 0 Å². The van der Waals surface area contributed by atoms with Gasteiger partial charge in [-0.1, -0.05) is 11.6 Å². The molecule has 0 saturated carbocycles. The van der Waals surface area contributed by atoms with Crippen LogP contribution in [0, 0.1) is 0 Å². The average Bonchev–Trinajstić information content (AvgIpc) is 2.91. The predicted octanol–water partition coefficient (Wildman–Crippen LogP) is 2.43. The molecule has 0 aliphatic rings. The van der Waals surface area contributed by atoms with Gasteiger partial charge in [-0.15, -0.1) is 0 Å². The number of nitrogens with zero attached hydrogens (tertiary/aromatic N) is 2. The Bertz CT molecular complexity index is 657. The van der Waals surface area contributed by atoms with E-state index >= 15 is 0 Å². The summed E-state index contributed by atoms with van der Waals surface area (Å²) in [5.74, 6) is 1.23. The maximum absolute atomic E-state index is 12.1. The highest BCUT2D eigenvalue weighted by Crippen LogP contribution is 2.29. The van der Waals surface area contributed by atoms with Crippen molar-refractivity contribution in [3.05, 3.63) is 41.2 Å². The lowest BCUT2D eigenvalue weighted by molar-refractivity contribution is -0.122. The number of rotatable bonds is 6. The molecule has 118 valence electrons. The molecule has 1 aromatic heterocycles. The quantitative estimate of drug-likeness (QED) is 0.886. The van der Waals surface area contributed by atoms with Crippen LogP contribution >= 0.6 is 11.6 Å². The van der Waals surface area contributed by atoms with Crippen LogP contribution in [0.3, 0.4) is 0 Å². The lowest BCUT2D eigenvalue weighted by Crippen LogP contribution is -2.30. The van der Waals surface area contributed by atoms with E-state index in [0.717, 1.165) is 5.56 Å². The second-order valence-electron chi connectivity index (χ2n) is 4.75. The van der Waals surface area contributed by atoms with E-state index in [1.54, 1.807) is 20.4 Å². The third kappa shape index (κ3) is 3.92. The first-order valence-electron chi connectivity index (χ1n) is 6.72. The SMILES string of the molecule is COc1ccc(OC)c(C(C)NC(=O)Cn2cc(Cl)cn2)c1. The summed E-state index contributed by atoms with van der Waals surface area (Å²) >= 11 is 5.77. The van der Waals surface area contributed by atoms with Crippen molar-refractivity contribution < 1.29 is 14.3 Å². The first-order valence-corrected chi connectivity index (χ1v) is 7.10. The van der Waals surface area contributed by atoms with E-state index < -0.39 is 0 Å². The molecule has 22 heavy (non-hydrogen) atoms. The zero-order valence-corrected chi connectivity index (χ0v) is 13.4. The highest BCUT2D eigenvalue weighted by Gasteiger charge is 2.15. The smallest absolute Gasteiger partial charge is 0.242 e. The number of ether oxygens (including phenoxy) is 2. The molecule has 2 aromatic rings. The van der Waals surface area contributed by atoms with E-state index in [1.165, 1.54) is 10.9 Å². The second kappa shape index (κ2) is 7.17. The van der Waals surface area contributed by atoms with E-state index in [1.807, 2.05) is 25.1 Å². The lowest BCUT2D eigenvalue weighted by atomic mass is 10.1. The fourth-order valence-corrected chi connectivity index (χ4v) is 2.27. The van der Waals surface area contributed by atoms with Crippen LogP contribution in [0.2, 0.25) is 5.02 Å². The van der Waals surface area contributed by atoms with Crippen molar-refractivity contribution in [1.82, 2.24) is 15.1 Å². The van der Waals surface area contributed by atoms with Gasteiger partial charge in [-0.2, -0.15) is 5.10 Å². The third-order valence-corrected chi connectivity index (χ3v) is 3.38. The highest BCUT2D eigenvalue weighted by molar-refractivity contribution is 6.30. The van der Waals surface area contributed by atoms with Gasteiger partial charge in [0.1, 0.15) is 18.0 Å². The van der Waals surface area contributed by atoms with Gasteiger partial charge in [0.05, 0.1) is 31.5 Å². The zero-order chi connectivity index (χ0) is 16.1. The van der Waals surface area contributed by atoms with E-state index in [-0.39, 0.29) is 18.5 Å². The van der Waals surface area contributed by atoms with Gasteiger partial charge >= 0.3 is 0 Å². The van der Waals surface area contributed by atoms with Crippen molar-refractivity contribution in [3.63, 3.8) is 0 Å². The molecule has 6 nitrogen and oxygen atoms in total. The normalized spacial score (nSPS) is 11.8. The first kappa shape index (κ1) is 16.2. The molecule has 0 saturated heterocycles. The van der Waals surface area contributed by atoms with Gasteiger partial charge in [0, 0.05) is 11.8 Å². The Labute approximate surface area is 134 Å². The zero-order valence-electron chi connectivity index (χ0n) is 12.7. The standard InChI is InChI=1S/C15H18ClN3O3/c1-10(13-6-12(21-2)4-5-14(13)22-3)18-15(20)9-19-8-11(16)7-17-19/h4-8,10H,9H2,1-3H3,(H,18,20). The van der Waals surface area contributed by atoms with E-state index in [2.05, 4.69) is 10.4 Å². The minimum Gasteiger partial charge on any atom is -0.497 e. The van der Waals surface area contributed by atoms with E-state index in [4.69, 9.17) is 21.1 Å². The van der Waals surface area contributed by atoms with Crippen molar-refractivity contribution in [3.8, 4) is 11.5 Å². The van der Waals surface area contributed by atoms with Crippen molar-refractivity contribution in [2.24, 2.45) is 0 Å². The Morgan fingerprint density at radius 2 is 2.18 bits per heavy atom. The summed E-state index contributed by atoms with van der Waals surface area (Å²) in [5.41, 5.74) is 0.841. The molecule has 1 amide bonds. The van der Waals surface area contributed by atoms with Gasteiger partial charge in [-0.05, 0) is 25.1 Å². The molecule has 1 unspecified atom stereocenters. The molecule has 2 rings (SSSR count). The third-order valence-electron chi connectivity index (χ3n) is 3.19. The number of carbonyl (C=O) groups excluding carboxylic acids is 1. The van der Waals surface area contributed by atoms with Crippen LogP contribution in [-0.2, 0) is 11.3 Å². The molecule has 1 atom stereocenters. The summed E-state index contributed by atoms with van der Waals surface area (Å²) in [7, 11) is 3.18. The molecule has 0 aliphatic heterocycles. The van der Waals surface area contributed by atoms with Crippen molar-refractivity contribution in [1.29, 1.82) is 0 Å². The van der Waals surface area contributed by atoms with Gasteiger partial charge in [-0.25, -0.2) is 0 Å². The summed E-state index contributed by atoms with van der Waals surface area (Å²) in [6.45, 7) is 1.98. The van der Waals surface area contributed by atoms with Crippen LogP contribution in [0.5, 0.6) is 11.5 Å². The fraction of sp³-hybridized carbons (Fsp3) is 0.333. The molecular formula is C15H18ClN3O3. The number of halogens is 1. The first-order chi connectivity index (χ1) is 10.5. The summed E-state index contributed by atoms with van der Waals surface area (Å²) in [6, 6.07) is 5.23. The summed E-state index contributed by atoms with van der Waals surface area (Å²) < 4.78 is 12.0. The number of carbonyl (C=O) groups is 1. The Balaban J connectivity index is 2.07. The maximum Gasteiger partial charge on any atom is 0.242 e. The van der Waals surface area contributed by atoms with Crippen LogP contribution in [0.4, 0.5) is 0 Å². The number of benzene rings is 1. The van der Waals surface area contributed by atoms with Gasteiger partial charge in [0.25, 0.3) is 0 Å². The van der Waals surface area contributed by atoms with E-state index in [0.29, 0.717) is 16.5 Å². The Kier molecular flexibility index (Phi) is 5.27. The predicted molar refractivity (Wildman–Crippen MR) is 83.3 cm³/mol.